The van der Waals surface area contributed by atoms with Crippen LogP contribution in [0, 0.1) is 24.2 Å². The van der Waals surface area contributed by atoms with E-state index in [0.29, 0.717) is 28.4 Å². The quantitative estimate of drug-likeness (QED) is 0.280. The first kappa shape index (κ1) is 29.4. The number of carbonyl (C=O) groups is 2. The van der Waals surface area contributed by atoms with E-state index in [2.05, 4.69) is 43.2 Å². The normalized spacial score (nSPS) is 22.8. The fraction of sp³-hybridized carbons (Fsp3) is 0.655. The Morgan fingerprint density at radius 1 is 1.26 bits per heavy atom. The molecule has 7 nitrogen and oxygen atoms in total. The van der Waals surface area contributed by atoms with E-state index in [9.17, 15) is 23.5 Å². The van der Waals surface area contributed by atoms with Crippen molar-refractivity contribution in [3.05, 3.63) is 40.4 Å². The third-order valence-corrected chi connectivity index (χ3v) is 9.05. The molecule has 0 aliphatic heterocycles. The Hall–Kier alpha value is -2.55. The van der Waals surface area contributed by atoms with Crippen LogP contribution in [-0.2, 0) is 9.59 Å². The van der Waals surface area contributed by atoms with Gasteiger partial charge in [0.15, 0.2) is 0 Å². The molecule has 1 aromatic heterocycles. The first-order valence-electron chi connectivity index (χ1n) is 13.8. The highest BCUT2D eigenvalue weighted by Crippen LogP contribution is 2.56. The van der Waals surface area contributed by atoms with E-state index < -0.39 is 29.8 Å². The molecule has 10 heteroatoms. The zero-order valence-electron chi connectivity index (χ0n) is 23.3. The van der Waals surface area contributed by atoms with Gasteiger partial charge < -0.3 is 15.0 Å². The van der Waals surface area contributed by atoms with Gasteiger partial charge in [0.2, 0.25) is 5.91 Å². The van der Waals surface area contributed by atoms with Crippen LogP contribution in [0.2, 0.25) is 5.02 Å². The summed E-state index contributed by atoms with van der Waals surface area (Å²) in [5.74, 6) is -3.12. The van der Waals surface area contributed by atoms with E-state index in [-0.39, 0.29) is 42.8 Å². The predicted octanol–water partition coefficient (Wildman–Crippen LogP) is 7.36. The van der Waals surface area contributed by atoms with Crippen molar-refractivity contribution in [3.63, 3.8) is 0 Å². The summed E-state index contributed by atoms with van der Waals surface area (Å²) in [6.45, 7) is 10.8. The van der Waals surface area contributed by atoms with Crippen LogP contribution < -0.4 is 5.32 Å². The van der Waals surface area contributed by atoms with Crippen LogP contribution in [0.5, 0.6) is 0 Å². The lowest BCUT2D eigenvalue weighted by atomic mass is 9.65. The number of rotatable bonds is 12. The zero-order valence-corrected chi connectivity index (χ0v) is 24.1. The molecule has 1 amide bonds. The second kappa shape index (κ2) is 11.1. The van der Waals surface area contributed by atoms with Gasteiger partial charge in [0.1, 0.15) is 17.7 Å². The number of aliphatic carboxylic acids is 1. The van der Waals surface area contributed by atoms with Crippen LogP contribution in [0.4, 0.5) is 14.5 Å². The van der Waals surface area contributed by atoms with Crippen LogP contribution in [0.15, 0.2) is 18.2 Å². The van der Waals surface area contributed by atoms with Gasteiger partial charge in [0.25, 0.3) is 5.92 Å². The molecule has 2 aromatic rings. The first-order chi connectivity index (χ1) is 18.2. The average Bonchev–Trinajstić information content (AvgIpc) is 3.22. The van der Waals surface area contributed by atoms with Crippen molar-refractivity contribution >= 4 is 29.2 Å². The number of benzene rings is 1. The summed E-state index contributed by atoms with van der Waals surface area (Å²) in [6.07, 6.45) is 2.21. The van der Waals surface area contributed by atoms with Crippen molar-refractivity contribution in [3.8, 4) is 0 Å². The van der Waals surface area contributed by atoms with E-state index in [4.69, 9.17) is 11.6 Å². The molecule has 2 aliphatic carbocycles. The highest BCUT2D eigenvalue weighted by molar-refractivity contribution is 6.33. The fourth-order valence-corrected chi connectivity index (χ4v) is 5.81. The Morgan fingerprint density at radius 2 is 1.92 bits per heavy atom. The summed E-state index contributed by atoms with van der Waals surface area (Å²) in [5, 5.41) is 21.2. The molecule has 1 unspecified atom stereocenters. The average molecular weight is 565 g/mol. The molecule has 0 radical (unpaired) electrons. The summed E-state index contributed by atoms with van der Waals surface area (Å²) in [4.78, 5) is 24.4. The van der Waals surface area contributed by atoms with Crippen molar-refractivity contribution in [2.45, 2.75) is 103 Å². The molecule has 2 N–H and O–H groups in total. The number of nitrogens with zero attached hydrogens (tertiary/aromatic N) is 3. The van der Waals surface area contributed by atoms with E-state index in [1.807, 2.05) is 13.0 Å². The molecule has 39 heavy (non-hydrogen) atoms. The largest absolute Gasteiger partial charge is 0.481 e. The SMILES string of the molecule is Cc1ccc(NC(=O)C[C@H](CCC(=O)O)c2nnc(C3CC(CC(C)(C)C(C)C)C3)n2C2CC2(F)F)c(Cl)c1. The number of hydrogen-bond acceptors (Lipinski definition) is 4. The molecule has 1 aromatic carbocycles. The minimum atomic E-state index is -2.87. The standard InChI is InChI=1S/C29H39ClF2N4O3/c1-16(2)28(4,5)14-18-11-20(12-18)27-35-34-26(36(27)23-15-29(23,31)32)19(7-9-25(38)39)13-24(37)33-22-8-6-17(3)10-21(22)30/h6,8,10,16,18-20,23H,7,9,11-15H2,1-5H3,(H,33,37)(H,38,39)/t18?,19-,20?,23?/m0/s1. The predicted molar refractivity (Wildman–Crippen MR) is 146 cm³/mol. The maximum Gasteiger partial charge on any atom is 0.303 e. The summed E-state index contributed by atoms with van der Waals surface area (Å²) in [5.41, 5.74) is 1.56. The van der Waals surface area contributed by atoms with Gasteiger partial charge in [-0.05, 0) is 67.6 Å². The topological polar surface area (TPSA) is 97.1 Å². The highest BCUT2D eigenvalue weighted by atomic mass is 35.5. The summed E-state index contributed by atoms with van der Waals surface area (Å²) in [6, 6.07) is 4.17. The van der Waals surface area contributed by atoms with Crippen LogP contribution in [-0.4, -0.2) is 37.7 Å². The minimum Gasteiger partial charge on any atom is -0.481 e. The van der Waals surface area contributed by atoms with Gasteiger partial charge in [-0.2, -0.15) is 0 Å². The molecule has 2 aliphatic rings. The first-order valence-corrected chi connectivity index (χ1v) is 14.2. The molecular weight excluding hydrogens is 526 g/mol. The number of nitrogens with one attached hydrogen (secondary N) is 1. The van der Waals surface area contributed by atoms with Crippen molar-refractivity contribution < 1.29 is 23.5 Å². The highest BCUT2D eigenvalue weighted by Gasteiger charge is 2.60. The summed E-state index contributed by atoms with van der Waals surface area (Å²) < 4.78 is 30.4. The van der Waals surface area contributed by atoms with Crippen molar-refractivity contribution in [2.75, 3.05) is 5.32 Å². The Balaban J connectivity index is 1.56. The second-order valence-corrected chi connectivity index (χ2v) is 12.9. The van der Waals surface area contributed by atoms with Gasteiger partial charge in [-0.25, -0.2) is 8.78 Å². The van der Waals surface area contributed by atoms with Gasteiger partial charge in [-0.1, -0.05) is 45.4 Å². The van der Waals surface area contributed by atoms with Gasteiger partial charge in [0, 0.05) is 31.1 Å². The van der Waals surface area contributed by atoms with E-state index in [1.54, 1.807) is 12.1 Å². The van der Waals surface area contributed by atoms with Gasteiger partial charge in [-0.3, -0.25) is 9.59 Å². The van der Waals surface area contributed by atoms with E-state index >= 15 is 0 Å². The summed E-state index contributed by atoms with van der Waals surface area (Å²) >= 11 is 6.26. The fourth-order valence-electron chi connectivity index (χ4n) is 5.53. The smallest absolute Gasteiger partial charge is 0.303 e. The molecule has 2 atom stereocenters. The van der Waals surface area contributed by atoms with Crippen LogP contribution in [0.25, 0.3) is 0 Å². The Labute approximate surface area is 233 Å². The molecule has 4 rings (SSSR count). The summed E-state index contributed by atoms with van der Waals surface area (Å²) in [7, 11) is 0. The van der Waals surface area contributed by atoms with Gasteiger partial charge in [-0.15, -0.1) is 10.2 Å². The number of alkyl halides is 2. The van der Waals surface area contributed by atoms with Crippen LogP contribution >= 0.6 is 11.6 Å². The van der Waals surface area contributed by atoms with Crippen molar-refractivity contribution in [1.29, 1.82) is 0 Å². The molecule has 0 bridgehead atoms. The number of halogens is 3. The number of amides is 1. The van der Waals surface area contributed by atoms with Gasteiger partial charge in [0.05, 0.1) is 10.7 Å². The number of carboxylic acids is 1. The Morgan fingerprint density at radius 3 is 2.49 bits per heavy atom. The molecule has 1 heterocycles. The van der Waals surface area contributed by atoms with E-state index in [0.717, 1.165) is 24.8 Å². The number of aryl methyl sites for hydroxylation is 1. The van der Waals surface area contributed by atoms with Crippen LogP contribution in [0.3, 0.4) is 0 Å². The Kier molecular flexibility index (Phi) is 8.41. The minimum absolute atomic E-state index is 0.0240. The zero-order chi connectivity index (χ0) is 28.7. The maximum atomic E-state index is 14.4. The maximum absolute atomic E-state index is 14.4. The Bertz CT molecular complexity index is 1220. The lowest BCUT2D eigenvalue weighted by Gasteiger charge is -2.41. The number of carbonyl (C=O) groups excluding carboxylic acids is 1. The number of anilines is 1. The lowest BCUT2D eigenvalue weighted by Crippen LogP contribution is -2.31. The number of carboxylic acid groups (broad SMARTS) is 1. The third kappa shape index (κ3) is 6.79. The molecule has 0 saturated heterocycles. The molecule has 2 fully saturated rings. The number of aromatic nitrogens is 3. The van der Waals surface area contributed by atoms with Gasteiger partial charge >= 0.3 is 5.97 Å². The van der Waals surface area contributed by atoms with E-state index in [1.165, 1.54) is 4.57 Å². The molecular formula is C29H39ClF2N4O3. The number of hydrogen-bond donors (Lipinski definition) is 2. The third-order valence-electron chi connectivity index (χ3n) is 8.73. The lowest BCUT2D eigenvalue weighted by molar-refractivity contribution is -0.137. The second-order valence-electron chi connectivity index (χ2n) is 12.5. The molecule has 2 saturated carbocycles. The molecule has 0 spiro atoms. The van der Waals surface area contributed by atoms with Crippen LogP contribution in [0.1, 0.15) is 108 Å². The monoisotopic (exact) mass is 564 g/mol. The molecule has 214 valence electrons. The van der Waals surface area contributed by atoms with Crippen molar-refractivity contribution in [1.82, 2.24) is 14.8 Å². The van der Waals surface area contributed by atoms with Crippen molar-refractivity contribution in [2.24, 2.45) is 17.3 Å².